The number of benzene rings is 1. The summed E-state index contributed by atoms with van der Waals surface area (Å²) < 4.78 is 8.54. The van der Waals surface area contributed by atoms with Crippen LogP contribution in [0, 0.1) is 5.92 Å². The van der Waals surface area contributed by atoms with E-state index in [9.17, 15) is 9.59 Å². The molecule has 0 saturated heterocycles. The van der Waals surface area contributed by atoms with Gasteiger partial charge in [-0.3, -0.25) is 14.5 Å². The summed E-state index contributed by atoms with van der Waals surface area (Å²) in [6.07, 6.45) is 4.16. The predicted molar refractivity (Wildman–Crippen MR) is 139 cm³/mol. The van der Waals surface area contributed by atoms with E-state index in [-0.39, 0.29) is 17.9 Å². The molecule has 8 heteroatoms. The Labute approximate surface area is 209 Å². The second-order valence-electron chi connectivity index (χ2n) is 8.78. The third kappa shape index (κ3) is 4.56. The van der Waals surface area contributed by atoms with Gasteiger partial charge in [-0.05, 0) is 67.3 Å². The second kappa shape index (κ2) is 10.4. The maximum atomic E-state index is 13.7. The van der Waals surface area contributed by atoms with E-state index in [0.717, 1.165) is 35.9 Å². The third-order valence-corrected chi connectivity index (χ3v) is 7.78. The van der Waals surface area contributed by atoms with Crippen LogP contribution in [0.5, 0.6) is 5.75 Å². The molecular weight excluding hydrogens is 470 g/mol. The number of aromatic nitrogens is 1. The minimum Gasteiger partial charge on any atom is -0.495 e. The zero-order valence-electron chi connectivity index (χ0n) is 20.1. The zero-order valence-corrected chi connectivity index (χ0v) is 21.7. The van der Waals surface area contributed by atoms with Crippen molar-refractivity contribution in [3.05, 3.63) is 46.4 Å². The molecule has 1 unspecified atom stereocenters. The van der Waals surface area contributed by atoms with Crippen LogP contribution >= 0.6 is 22.9 Å². The zero-order chi connectivity index (χ0) is 24.4. The SMILES string of the molecule is CC.COc1ccc(Cl)cc1N1C(=O)c2cc3sccc3n2CC1C(=O)NC1CCC(C)CC1. The molecule has 1 fully saturated rings. The molecule has 3 aromatic rings. The van der Waals surface area contributed by atoms with Crippen LogP contribution in [0.25, 0.3) is 10.2 Å². The maximum absolute atomic E-state index is 13.7. The molecular formula is C26H32ClN3O3S. The number of thiophene rings is 1. The van der Waals surface area contributed by atoms with Crippen LogP contribution in [-0.4, -0.2) is 35.6 Å². The first-order chi connectivity index (χ1) is 16.5. The Bertz CT molecular complexity index is 1180. The van der Waals surface area contributed by atoms with E-state index in [4.69, 9.17) is 16.3 Å². The number of carbonyl (C=O) groups excluding carboxylic acids is 2. The Morgan fingerprint density at radius 2 is 1.88 bits per heavy atom. The first-order valence-corrected chi connectivity index (χ1v) is 13.3. The lowest BCUT2D eigenvalue weighted by Gasteiger charge is -2.37. The van der Waals surface area contributed by atoms with E-state index in [1.54, 1.807) is 41.5 Å². The summed E-state index contributed by atoms with van der Waals surface area (Å²) in [7, 11) is 1.55. The average Bonchev–Trinajstić information content (AvgIpc) is 3.44. The van der Waals surface area contributed by atoms with Crippen LogP contribution in [0.3, 0.4) is 0 Å². The molecule has 182 valence electrons. The van der Waals surface area contributed by atoms with E-state index >= 15 is 0 Å². The number of carbonyl (C=O) groups is 2. The molecule has 1 saturated carbocycles. The smallest absolute Gasteiger partial charge is 0.275 e. The Balaban J connectivity index is 0.00000133. The number of amides is 2. The van der Waals surface area contributed by atoms with Gasteiger partial charge < -0.3 is 14.6 Å². The number of fused-ring (bicyclic) bond motifs is 3. The standard InChI is InChI=1S/C24H26ClN3O3S.C2H6/c1-14-3-6-16(7-4-14)26-23(29)20-13-27-17-9-10-32-22(17)12-19(27)24(30)28(20)18-11-15(25)5-8-21(18)31-2;1-2/h5,8-12,14,16,20H,3-4,6-7,13H2,1-2H3,(H,26,29);1-2H3. The quantitative estimate of drug-likeness (QED) is 0.468. The van der Waals surface area contributed by atoms with Crippen molar-refractivity contribution in [2.45, 2.75) is 65.1 Å². The summed E-state index contributed by atoms with van der Waals surface area (Å²) in [6, 6.07) is 8.50. The van der Waals surface area contributed by atoms with Gasteiger partial charge in [-0.2, -0.15) is 0 Å². The van der Waals surface area contributed by atoms with Crippen molar-refractivity contribution in [2.75, 3.05) is 12.0 Å². The van der Waals surface area contributed by atoms with Crippen molar-refractivity contribution in [3.8, 4) is 5.75 Å². The monoisotopic (exact) mass is 501 g/mol. The molecule has 0 radical (unpaired) electrons. The molecule has 2 aliphatic rings. The van der Waals surface area contributed by atoms with Gasteiger partial charge in [-0.25, -0.2) is 0 Å². The molecule has 1 aliphatic heterocycles. The van der Waals surface area contributed by atoms with Gasteiger partial charge in [-0.15, -0.1) is 11.3 Å². The van der Waals surface area contributed by atoms with Crippen LogP contribution in [0.4, 0.5) is 5.69 Å². The first kappa shape index (κ1) is 24.6. The molecule has 1 aromatic carbocycles. The van der Waals surface area contributed by atoms with Crippen molar-refractivity contribution in [3.63, 3.8) is 0 Å². The number of nitrogens with one attached hydrogen (secondary N) is 1. The molecule has 34 heavy (non-hydrogen) atoms. The molecule has 0 spiro atoms. The molecule has 2 amide bonds. The summed E-state index contributed by atoms with van der Waals surface area (Å²) in [5.41, 5.74) is 2.07. The molecule has 5 rings (SSSR count). The van der Waals surface area contributed by atoms with Crippen molar-refractivity contribution >= 4 is 50.7 Å². The van der Waals surface area contributed by atoms with Gasteiger partial charge in [0.25, 0.3) is 5.91 Å². The molecule has 3 heterocycles. The lowest BCUT2D eigenvalue weighted by Crippen LogP contribution is -2.57. The van der Waals surface area contributed by atoms with Crippen molar-refractivity contribution < 1.29 is 14.3 Å². The minimum absolute atomic E-state index is 0.136. The van der Waals surface area contributed by atoms with E-state index in [0.29, 0.717) is 34.6 Å². The van der Waals surface area contributed by atoms with E-state index in [2.05, 4.69) is 12.2 Å². The molecule has 1 atom stereocenters. The summed E-state index contributed by atoms with van der Waals surface area (Å²) in [5, 5.41) is 5.72. The Kier molecular flexibility index (Phi) is 7.53. The average molecular weight is 502 g/mol. The number of hydrogen-bond acceptors (Lipinski definition) is 4. The molecule has 1 aliphatic carbocycles. The number of anilines is 1. The fourth-order valence-corrected chi connectivity index (χ4v) is 5.89. The Hall–Kier alpha value is -2.51. The van der Waals surface area contributed by atoms with Crippen LogP contribution < -0.4 is 15.0 Å². The van der Waals surface area contributed by atoms with Gasteiger partial charge in [0.2, 0.25) is 5.91 Å². The van der Waals surface area contributed by atoms with Gasteiger partial charge in [0.05, 0.1) is 29.6 Å². The molecule has 6 nitrogen and oxygen atoms in total. The highest BCUT2D eigenvalue weighted by Crippen LogP contribution is 2.38. The van der Waals surface area contributed by atoms with E-state index in [1.807, 2.05) is 35.9 Å². The van der Waals surface area contributed by atoms with Crippen LogP contribution in [0.1, 0.15) is 56.9 Å². The summed E-state index contributed by atoms with van der Waals surface area (Å²) in [6.45, 7) is 6.64. The maximum Gasteiger partial charge on any atom is 0.275 e. The highest BCUT2D eigenvalue weighted by Gasteiger charge is 2.41. The number of hydrogen-bond donors (Lipinski definition) is 1. The summed E-state index contributed by atoms with van der Waals surface area (Å²) in [4.78, 5) is 28.9. The fourth-order valence-electron chi connectivity index (χ4n) is 4.90. The van der Waals surface area contributed by atoms with Crippen LogP contribution in [-0.2, 0) is 11.3 Å². The van der Waals surface area contributed by atoms with Gasteiger partial charge in [0.15, 0.2) is 0 Å². The second-order valence-corrected chi connectivity index (χ2v) is 10.2. The minimum atomic E-state index is -0.697. The molecule has 1 N–H and O–H groups in total. The third-order valence-electron chi connectivity index (χ3n) is 6.69. The molecule has 0 bridgehead atoms. The topological polar surface area (TPSA) is 63.6 Å². The van der Waals surface area contributed by atoms with Gasteiger partial charge in [0, 0.05) is 11.1 Å². The van der Waals surface area contributed by atoms with Crippen molar-refractivity contribution in [1.82, 2.24) is 9.88 Å². The number of ether oxygens (including phenoxy) is 1. The van der Waals surface area contributed by atoms with Crippen molar-refractivity contribution in [1.29, 1.82) is 0 Å². The number of methoxy groups -OCH3 is 1. The van der Waals surface area contributed by atoms with Gasteiger partial charge in [-0.1, -0.05) is 32.4 Å². The van der Waals surface area contributed by atoms with Gasteiger partial charge >= 0.3 is 0 Å². The number of rotatable bonds is 4. The lowest BCUT2D eigenvalue weighted by atomic mass is 9.87. The predicted octanol–water partition coefficient (Wildman–Crippen LogP) is 6.11. The van der Waals surface area contributed by atoms with Crippen LogP contribution in [0.2, 0.25) is 5.02 Å². The summed E-state index contributed by atoms with van der Waals surface area (Å²) >= 11 is 7.88. The van der Waals surface area contributed by atoms with Crippen LogP contribution in [0.15, 0.2) is 35.7 Å². The highest BCUT2D eigenvalue weighted by molar-refractivity contribution is 7.17. The molecule has 2 aromatic heterocycles. The highest BCUT2D eigenvalue weighted by atomic mass is 35.5. The normalized spacial score (nSPS) is 22.1. The van der Waals surface area contributed by atoms with E-state index < -0.39 is 6.04 Å². The fraction of sp³-hybridized carbons (Fsp3) is 0.462. The first-order valence-electron chi connectivity index (χ1n) is 12.0. The number of halogens is 1. The van der Waals surface area contributed by atoms with Crippen molar-refractivity contribution in [2.24, 2.45) is 5.92 Å². The number of nitrogens with zero attached hydrogens (tertiary/aromatic N) is 2. The Morgan fingerprint density at radius 1 is 1.15 bits per heavy atom. The van der Waals surface area contributed by atoms with E-state index in [1.165, 1.54) is 0 Å². The van der Waals surface area contributed by atoms with Gasteiger partial charge in [0.1, 0.15) is 17.5 Å². The lowest BCUT2D eigenvalue weighted by molar-refractivity contribution is -0.123. The Morgan fingerprint density at radius 3 is 2.59 bits per heavy atom. The summed E-state index contributed by atoms with van der Waals surface area (Å²) in [5.74, 6) is 0.843. The largest absolute Gasteiger partial charge is 0.495 e.